The Balaban J connectivity index is 1.99. The lowest BCUT2D eigenvalue weighted by molar-refractivity contribution is 0.386. The van der Waals surface area contributed by atoms with Gasteiger partial charge in [-0.3, -0.25) is 0 Å². The SMILES string of the molecule is C\C(F)=C(F)/C(F)=C(F)\C(F)=C(/C)C#Cc1c2ccccc2c(C#Cc2c(F)c(F)c(F)c(F)c2CF)c2ccccc12. The monoisotopic (exact) mass is 602 g/mol. The highest BCUT2D eigenvalue weighted by Crippen LogP contribution is 2.33. The fraction of sp³-hybridized carbons (Fsp3) is 0.0909. The summed E-state index contributed by atoms with van der Waals surface area (Å²) < 4.78 is 139. The second kappa shape index (κ2) is 12.5. The van der Waals surface area contributed by atoms with Crippen molar-refractivity contribution in [2.45, 2.75) is 20.5 Å². The molecule has 0 aromatic heterocycles. The standard InChI is InChI=1S/C33H16F10/c1-16(26(36)30(40)31(41)27(37)17(2)35)11-12-22-18-7-3-5-9-20(18)23(21-10-6-4-8-19(21)22)13-14-24-25(15-34)29(39)33(43)32(42)28(24)38/h3-10H,15H2,1-2H3/b26-16-,27-17-,31-30-. The van der Waals surface area contributed by atoms with Crippen LogP contribution in [0.25, 0.3) is 21.5 Å². The van der Waals surface area contributed by atoms with Crippen LogP contribution in [0.3, 0.4) is 0 Å². The van der Waals surface area contributed by atoms with E-state index in [4.69, 9.17) is 0 Å². The Morgan fingerprint density at radius 2 is 0.953 bits per heavy atom. The molecule has 0 radical (unpaired) electrons. The molecule has 0 aliphatic carbocycles. The first-order valence-corrected chi connectivity index (χ1v) is 12.2. The van der Waals surface area contributed by atoms with Crippen molar-refractivity contribution in [3.63, 3.8) is 0 Å². The van der Waals surface area contributed by atoms with Crippen molar-refractivity contribution in [1.29, 1.82) is 0 Å². The molecular weight excluding hydrogens is 586 g/mol. The van der Waals surface area contributed by atoms with Crippen molar-refractivity contribution in [2.75, 3.05) is 0 Å². The Kier molecular flexibility index (Phi) is 9.01. The quantitative estimate of drug-likeness (QED) is 0.0547. The molecule has 0 spiro atoms. The van der Waals surface area contributed by atoms with Gasteiger partial charge in [0, 0.05) is 22.3 Å². The summed E-state index contributed by atoms with van der Waals surface area (Å²) in [6.07, 6.45) is 0. The minimum absolute atomic E-state index is 0.185. The van der Waals surface area contributed by atoms with Crippen molar-refractivity contribution >= 4 is 21.5 Å². The zero-order valence-corrected chi connectivity index (χ0v) is 22.1. The van der Waals surface area contributed by atoms with E-state index in [1.807, 2.05) is 0 Å². The predicted molar refractivity (Wildman–Crippen MR) is 143 cm³/mol. The summed E-state index contributed by atoms with van der Waals surface area (Å²) in [6, 6.07) is 12.6. The lowest BCUT2D eigenvalue weighted by Crippen LogP contribution is -2.05. The van der Waals surface area contributed by atoms with E-state index in [0.717, 1.165) is 6.92 Å². The van der Waals surface area contributed by atoms with E-state index >= 15 is 0 Å². The van der Waals surface area contributed by atoms with E-state index in [1.54, 1.807) is 48.5 Å². The van der Waals surface area contributed by atoms with Gasteiger partial charge >= 0.3 is 0 Å². The molecule has 0 saturated carbocycles. The minimum atomic E-state index is -2.37. The summed E-state index contributed by atoms with van der Waals surface area (Å²) in [5.74, 6) is -8.69. The number of alkyl halides is 1. The first-order chi connectivity index (χ1) is 20.4. The van der Waals surface area contributed by atoms with Crippen molar-refractivity contribution < 1.29 is 43.9 Å². The average Bonchev–Trinajstić information content (AvgIpc) is 3.01. The summed E-state index contributed by atoms with van der Waals surface area (Å²) in [4.78, 5) is 0. The molecule has 0 amide bonds. The van der Waals surface area contributed by atoms with E-state index in [-0.39, 0.29) is 11.1 Å². The first-order valence-electron chi connectivity index (χ1n) is 12.2. The minimum Gasteiger partial charge on any atom is -0.246 e. The third kappa shape index (κ3) is 5.74. The van der Waals surface area contributed by atoms with E-state index in [0.29, 0.717) is 28.5 Å². The zero-order chi connectivity index (χ0) is 31.6. The van der Waals surface area contributed by atoms with Gasteiger partial charge in [-0.2, -0.15) is 0 Å². The molecule has 0 nitrogen and oxygen atoms in total. The summed E-state index contributed by atoms with van der Waals surface area (Å²) >= 11 is 0. The van der Waals surface area contributed by atoms with Gasteiger partial charge in [0.25, 0.3) is 0 Å². The van der Waals surface area contributed by atoms with Crippen LogP contribution < -0.4 is 0 Å². The third-order valence-electron chi connectivity index (χ3n) is 6.33. The smallest absolute Gasteiger partial charge is 0.200 e. The van der Waals surface area contributed by atoms with E-state index < -0.39 is 75.8 Å². The fourth-order valence-corrected chi connectivity index (χ4v) is 4.18. The van der Waals surface area contributed by atoms with Gasteiger partial charge in [0.1, 0.15) is 12.5 Å². The molecule has 10 heteroatoms. The Bertz CT molecular complexity index is 1970. The fourth-order valence-electron chi connectivity index (χ4n) is 4.18. The topological polar surface area (TPSA) is 0 Å². The van der Waals surface area contributed by atoms with Crippen LogP contribution in [0.2, 0.25) is 0 Å². The molecule has 0 bridgehead atoms. The Labute approximate surface area is 238 Å². The van der Waals surface area contributed by atoms with Gasteiger partial charge in [-0.05, 0) is 35.4 Å². The number of benzene rings is 4. The van der Waals surface area contributed by atoms with Crippen LogP contribution in [0.4, 0.5) is 43.9 Å². The van der Waals surface area contributed by atoms with Crippen LogP contribution in [0.1, 0.15) is 36.1 Å². The summed E-state index contributed by atoms with van der Waals surface area (Å²) in [7, 11) is 0. The van der Waals surface area contributed by atoms with Gasteiger partial charge < -0.3 is 0 Å². The van der Waals surface area contributed by atoms with Gasteiger partial charge in [0.2, 0.25) is 0 Å². The maximum Gasteiger partial charge on any atom is 0.200 e. The highest BCUT2D eigenvalue weighted by Gasteiger charge is 2.24. The number of halogens is 10. The molecule has 0 N–H and O–H groups in total. The van der Waals surface area contributed by atoms with Gasteiger partial charge in [-0.1, -0.05) is 72.2 Å². The number of hydrogen-bond acceptors (Lipinski definition) is 0. The molecule has 4 aromatic rings. The molecule has 0 atom stereocenters. The van der Waals surface area contributed by atoms with E-state index in [1.165, 1.54) is 0 Å². The van der Waals surface area contributed by atoms with Crippen LogP contribution >= 0.6 is 0 Å². The summed E-state index contributed by atoms with van der Waals surface area (Å²) in [5, 5.41) is 1.46. The molecule has 4 rings (SSSR count). The van der Waals surface area contributed by atoms with E-state index in [2.05, 4.69) is 23.7 Å². The second-order valence-corrected chi connectivity index (χ2v) is 9.00. The lowest BCUT2D eigenvalue weighted by atomic mass is 9.91. The molecular formula is C33H16F10. The van der Waals surface area contributed by atoms with Gasteiger partial charge in [-0.15, -0.1) is 0 Å². The van der Waals surface area contributed by atoms with Crippen molar-refractivity contribution in [3.05, 3.63) is 129 Å². The first kappa shape index (κ1) is 31.0. The zero-order valence-electron chi connectivity index (χ0n) is 22.1. The van der Waals surface area contributed by atoms with Crippen molar-refractivity contribution in [2.24, 2.45) is 0 Å². The number of allylic oxidation sites excluding steroid dienone is 6. The number of fused-ring (bicyclic) bond motifs is 2. The van der Waals surface area contributed by atoms with Crippen LogP contribution in [-0.2, 0) is 6.67 Å². The molecule has 0 aliphatic rings. The molecule has 4 aromatic carbocycles. The second-order valence-electron chi connectivity index (χ2n) is 9.00. The average molecular weight is 602 g/mol. The predicted octanol–water partition coefficient (Wildman–Crippen LogP) is 10.3. The van der Waals surface area contributed by atoms with Gasteiger partial charge in [-0.25, -0.2) is 43.9 Å². The molecule has 218 valence electrons. The molecule has 0 saturated heterocycles. The number of rotatable bonds is 3. The normalized spacial score (nSPS) is 13.0. The Morgan fingerprint density at radius 3 is 1.42 bits per heavy atom. The Hall–Kier alpha value is -4.96. The van der Waals surface area contributed by atoms with E-state index in [9.17, 15) is 43.9 Å². The van der Waals surface area contributed by atoms with Crippen LogP contribution in [-0.4, -0.2) is 0 Å². The Morgan fingerprint density at radius 1 is 0.535 bits per heavy atom. The van der Waals surface area contributed by atoms with Crippen LogP contribution in [0, 0.1) is 47.0 Å². The summed E-state index contributed by atoms with van der Waals surface area (Å²) in [6.45, 7) is -0.159. The van der Waals surface area contributed by atoms with Gasteiger partial charge in [0.05, 0.1) is 5.56 Å². The van der Waals surface area contributed by atoms with Crippen LogP contribution in [0.5, 0.6) is 0 Å². The molecule has 0 heterocycles. The third-order valence-corrected chi connectivity index (χ3v) is 6.33. The lowest BCUT2D eigenvalue weighted by Gasteiger charge is -2.11. The summed E-state index contributed by atoms with van der Waals surface area (Å²) in [5.41, 5.74) is -2.33. The molecule has 0 aliphatic heterocycles. The maximum absolute atomic E-state index is 14.5. The van der Waals surface area contributed by atoms with Gasteiger partial charge in [0.15, 0.2) is 46.6 Å². The van der Waals surface area contributed by atoms with Crippen molar-refractivity contribution in [3.8, 4) is 23.7 Å². The molecule has 0 unspecified atom stereocenters. The molecule has 43 heavy (non-hydrogen) atoms. The van der Waals surface area contributed by atoms with Crippen LogP contribution in [0.15, 0.2) is 83.2 Å². The molecule has 0 fully saturated rings. The highest BCUT2D eigenvalue weighted by molar-refractivity contribution is 6.09. The number of hydrogen-bond donors (Lipinski definition) is 0. The maximum atomic E-state index is 14.5. The largest absolute Gasteiger partial charge is 0.246 e. The highest BCUT2D eigenvalue weighted by atomic mass is 19.2. The van der Waals surface area contributed by atoms with Crippen molar-refractivity contribution in [1.82, 2.24) is 0 Å².